The summed E-state index contributed by atoms with van der Waals surface area (Å²) in [6, 6.07) is 10.6. The molecule has 27 heavy (non-hydrogen) atoms. The molecule has 1 aromatic carbocycles. The molecule has 1 aliphatic heterocycles. The Kier molecular flexibility index (Phi) is 7.09. The maximum Gasteiger partial charge on any atom is 0.296 e. The van der Waals surface area contributed by atoms with Crippen molar-refractivity contribution in [2.45, 2.75) is 37.5 Å². The second-order valence-electron chi connectivity index (χ2n) is 7.54. The van der Waals surface area contributed by atoms with E-state index in [2.05, 4.69) is 35.6 Å². The molecule has 148 valence electrons. The van der Waals surface area contributed by atoms with Crippen LogP contribution in [0.2, 0.25) is 0 Å². The van der Waals surface area contributed by atoms with Gasteiger partial charge in [-0.2, -0.15) is 19.8 Å². The molecule has 0 spiro atoms. The van der Waals surface area contributed by atoms with Crippen molar-refractivity contribution < 1.29 is 12.6 Å². The highest BCUT2D eigenvalue weighted by Crippen LogP contribution is 2.35. The number of rotatable bonds is 8. The number of likely N-dealkylation sites (tertiary alicyclic amines) is 1. The Morgan fingerprint density at radius 2 is 2.04 bits per heavy atom. The van der Waals surface area contributed by atoms with Crippen molar-refractivity contribution in [1.29, 1.82) is 0 Å². The number of hydrogen-bond donors (Lipinski definition) is 0. The number of nitrogens with zero attached hydrogens (tertiary/aromatic N) is 1. The molecule has 2 aromatic rings. The van der Waals surface area contributed by atoms with E-state index in [0.29, 0.717) is 11.8 Å². The first-order valence-corrected chi connectivity index (χ1v) is 12.0. The SMILES string of the molecule is CCC(C)CN1CCC(c2ccsc2)C(COS(=O)(=O)c2ccccc2)C1. The molecular formula is C21H29NO3S2. The van der Waals surface area contributed by atoms with Crippen LogP contribution in [-0.2, 0) is 14.3 Å². The fraction of sp³-hybridized carbons (Fsp3) is 0.524. The van der Waals surface area contributed by atoms with Crippen LogP contribution < -0.4 is 0 Å². The normalized spacial score (nSPS) is 22.6. The molecule has 3 rings (SSSR count). The van der Waals surface area contributed by atoms with Crippen LogP contribution in [0.4, 0.5) is 0 Å². The first kappa shape index (κ1) is 20.5. The molecule has 0 amide bonds. The zero-order chi connectivity index (χ0) is 19.3. The zero-order valence-corrected chi connectivity index (χ0v) is 17.7. The molecule has 3 unspecified atom stereocenters. The van der Waals surface area contributed by atoms with E-state index in [-0.39, 0.29) is 17.4 Å². The Bertz CT molecular complexity index is 790. The minimum atomic E-state index is -3.71. The Hall–Kier alpha value is -1.21. The Labute approximate surface area is 167 Å². The molecule has 1 aliphatic rings. The van der Waals surface area contributed by atoms with Crippen molar-refractivity contribution >= 4 is 21.5 Å². The van der Waals surface area contributed by atoms with Crippen molar-refractivity contribution in [1.82, 2.24) is 4.90 Å². The fourth-order valence-corrected chi connectivity index (χ4v) is 5.47. The van der Waals surface area contributed by atoms with E-state index in [9.17, 15) is 8.42 Å². The highest BCUT2D eigenvalue weighted by Gasteiger charge is 2.32. The molecule has 0 N–H and O–H groups in total. The van der Waals surface area contributed by atoms with E-state index in [1.165, 1.54) is 5.56 Å². The largest absolute Gasteiger partial charge is 0.303 e. The molecule has 1 aromatic heterocycles. The quantitative estimate of drug-likeness (QED) is 0.600. The van der Waals surface area contributed by atoms with Gasteiger partial charge in [0.05, 0.1) is 11.5 Å². The minimum Gasteiger partial charge on any atom is -0.303 e. The minimum absolute atomic E-state index is 0.177. The third-order valence-electron chi connectivity index (χ3n) is 5.53. The van der Waals surface area contributed by atoms with Crippen molar-refractivity contribution in [3.63, 3.8) is 0 Å². The average Bonchev–Trinajstić information content (AvgIpc) is 3.22. The Morgan fingerprint density at radius 1 is 1.26 bits per heavy atom. The van der Waals surface area contributed by atoms with Gasteiger partial charge < -0.3 is 4.90 Å². The standard InChI is InChI=1S/C21H29NO3S2/c1-3-17(2)13-22-11-9-21(18-10-12-26-16-18)19(14-22)15-25-27(23,24)20-7-5-4-6-8-20/h4-8,10,12,16-17,19,21H,3,9,11,13-15H2,1-2H3. The Morgan fingerprint density at radius 3 is 2.70 bits per heavy atom. The lowest BCUT2D eigenvalue weighted by Crippen LogP contribution is -2.43. The summed E-state index contributed by atoms with van der Waals surface area (Å²) in [6.45, 7) is 7.73. The van der Waals surface area contributed by atoms with Crippen LogP contribution in [0.5, 0.6) is 0 Å². The van der Waals surface area contributed by atoms with Gasteiger partial charge in [0.1, 0.15) is 0 Å². The molecule has 1 saturated heterocycles. The van der Waals surface area contributed by atoms with Gasteiger partial charge in [-0.3, -0.25) is 4.18 Å². The van der Waals surface area contributed by atoms with Gasteiger partial charge in [0, 0.05) is 19.0 Å². The van der Waals surface area contributed by atoms with E-state index < -0.39 is 10.1 Å². The molecule has 1 fully saturated rings. The lowest BCUT2D eigenvalue weighted by atomic mass is 9.82. The van der Waals surface area contributed by atoms with Crippen molar-refractivity contribution in [2.24, 2.45) is 11.8 Å². The van der Waals surface area contributed by atoms with Crippen LogP contribution in [-0.4, -0.2) is 39.6 Å². The molecule has 6 heteroatoms. The average molecular weight is 408 g/mol. The predicted octanol–water partition coefficient (Wildman–Crippen LogP) is 4.61. The molecule has 0 bridgehead atoms. The number of piperidine rings is 1. The summed E-state index contributed by atoms with van der Waals surface area (Å²) in [7, 11) is -3.71. The molecule has 0 saturated carbocycles. The third kappa shape index (κ3) is 5.41. The molecule has 3 atom stereocenters. The van der Waals surface area contributed by atoms with Gasteiger partial charge in [-0.1, -0.05) is 38.5 Å². The predicted molar refractivity (Wildman–Crippen MR) is 111 cm³/mol. The van der Waals surface area contributed by atoms with E-state index in [1.54, 1.807) is 41.7 Å². The van der Waals surface area contributed by atoms with E-state index in [4.69, 9.17) is 4.18 Å². The van der Waals surface area contributed by atoms with Gasteiger partial charge in [-0.05, 0) is 59.3 Å². The molecule has 4 nitrogen and oxygen atoms in total. The van der Waals surface area contributed by atoms with Crippen LogP contribution in [0.25, 0.3) is 0 Å². The van der Waals surface area contributed by atoms with Gasteiger partial charge in [-0.25, -0.2) is 0 Å². The molecule has 0 aliphatic carbocycles. The summed E-state index contributed by atoms with van der Waals surface area (Å²) >= 11 is 1.70. The summed E-state index contributed by atoms with van der Waals surface area (Å²) < 4.78 is 30.6. The summed E-state index contributed by atoms with van der Waals surface area (Å²) in [5.41, 5.74) is 1.31. The molecular weight excluding hydrogens is 378 g/mol. The summed E-state index contributed by atoms with van der Waals surface area (Å²) in [4.78, 5) is 2.70. The maximum absolute atomic E-state index is 12.5. The molecule has 0 radical (unpaired) electrons. The van der Waals surface area contributed by atoms with Crippen LogP contribution in [0, 0.1) is 11.8 Å². The van der Waals surface area contributed by atoms with Gasteiger partial charge in [0.15, 0.2) is 0 Å². The van der Waals surface area contributed by atoms with Crippen LogP contribution in [0.15, 0.2) is 52.1 Å². The van der Waals surface area contributed by atoms with Crippen LogP contribution in [0.1, 0.15) is 38.2 Å². The lowest BCUT2D eigenvalue weighted by molar-refractivity contribution is 0.102. The zero-order valence-electron chi connectivity index (χ0n) is 16.1. The number of benzene rings is 1. The van der Waals surface area contributed by atoms with E-state index >= 15 is 0 Å². The van der Waals surface area contributed by atoms with E-state index in [1.807, 2.05) is 0 Å². The second kappa shape index (κ2) is 9.32. The van der Waals surface area contributed by atoms with Crippen LogP contribution >= 0.6 is 11.3 Å². The number of thiophene rings is 1. The highest BCUT2D eigenvalue weighted by atomic mass is 32.2. The van der Waals surface area contributed by atoms with E-state index in [0.717, 1.165) is 32.5 Å². The summed E-state index contributed by atoms with van der Waals surface area (Å²) in [6.07, 6.45) is 2.21. The lowest BCUT2D eigenvalue weighted by Gasteiger charge is -2.39. The summed E-state index contributed by atoms with van der Waals surface area (Å²) in [5.74, 6) is 1.18. The maximum atomic E-state index is 12.5. The summed E-state index contributed by atoms with van der Waals surface area (Å²) in [5, 5.41) is 4.28. The van der Waals surface area contributed by atoms with Crippen LogP contribution in [0.3, 0.4) is 0 Å². The monoisotopic (exact) mass is 407 g/mol. The van der Waals surface area contributed by atoms with Gasteiger partial charge in [0.25, 0.3) is 10.1 Å². The van der Waals surface area contributed by atoms with Gasteiger partial charge in [0.2, 0.25) is 0 Å². The van der Waals surface area contributed by atoms with Crippen molar-refractivity contribution in [3.05, 3.63) is 52.7 Å². The van der Waals surface area contributed by atoms with Crippen molar-refractivity contribution in [3.8, 4) is 0 Å². The Balaban J connectivity index is 1.71. The second-order valence-corrected chi connectivity index (χ2v) is 9.93. The highest BCUT2D eigenvalue weighted by molar-refractivity contribution is 7.86. The fourth-order valence-electron chi connectivity index (χ4n) is 3.77. The topological polar surface area (TPSA) is 46.6 Å². The third-order valence-corrected chi connectivity index (χ3v) is 7.52. The first-order chi connectivity index (χ1) is 13.0. The smallest absolute Gasteiger partial charge is 0.296 e. The number of hydrogen-bond acceptors (Lipinski definition) is 5. The first-order valence-electron chi connectivity index (χ1n) is 9.68. The molecule has 2 heterocycles. The van der Waals surface area contributed by atoms with Crippen molar-refractivity contribution in [2.75, 3.05) is 26.2 Å². The van der Waals surface area contributed by atoms with Gasteiger partial charge >= 0.3 is 0 Å². The van der Waals surface area contributed by atoms with Gasteiger partial charge in [-0.15, -0.1) is 0 Å².